The standard InChI is InChI=1S/C18H20N2O2/c1-10(2)17-9-16(20-22-17)15-6-11(3)13-8-18(21-5)12(4)7-14(13)19-15/h6-10H,1-5H3. The maximum atomic E-state index is 5.40. The van der Waals surface area contributed by atoms with Crippen molar-refractivity contribution in [1.29, 1.82) is 0 Å². The zero-order valence-electron chi connectivity index (χ0n) is 13.6. The first-order valence-corrected chi connectivity index (χ1v) is 7.42. The topological polar surface area (TPSA) is 48.2 Å². The number of fused-ring (bicyclic) bond motifs is 1. The van der Waals surface area contributed by atoms with E-state index in [0.29, 0.717) is 5.92 Å². The third-order valence-corrected chi connectivity index (χ3v) is 3.89. The first-order chi connectivity index (χ1) is 10.5. The summed E-state index contributed by atoms with van der Waals surface area (Å²) in [5.74, 6) is 2.07. The van der Waals surface area contributed by atoms with E-state index in [0.717, 1.165) is 44.9 Å². The number of pyridine rings is 1. The predicted octanol–water partition coefficient (Wildman–Crippen LogP) is 4.64. The summed E-state index contributed by atoms with van der Waals surface area (Å²) in [5.41, 5.74) is 4.78. The maximum absolute atomic E-state index is 5.40. The van der Waals surface area contributed by atoms with Crippen molar-refractivity contribution in [3.05, 3.63) is 41.2 Å². The maximum Gasteiger partial charge on any atom is 0.139 e. The van der Waals surface area contributed by atoms with E-state index in [-0.39, 0.29) is 0 Å². The van der Waals surface area contributed by atoms with Gasteiger partial charge in [0.1, 0.15) is 17.2 Å². The van der Waals surface area contributed by atoms with Gasteiger partial charge in [-0.25, -0.2) is 4.98 Å². The second-order valence-electron chi connectivity index (χ2n) is 5.93. The van der Waals surface area contributed by atoms with Crippen LogP contribution in [0.1, 0.15) is 36.7 Å². The van der Waals surface area contributed by atoms with Crippen LogP contribution in [0.15, 0.2) is 28.8 Å². The minimum atomic E-state index is 0.314. The van der Waals surface area contributed by atoms with Crippen molar-refractivity contribution >= 4 is 10.9 Å². The van der Waals surface area contributed by atoms with Gasteiger partial charge in [-0.1, -0.05) is 19.0 Å². The van der Waals surface area contributed by atoms with E-state index in [1.807, 2.05) is 31.2 Å². The summed E-state index contributed by atoms with van der Waals surface area (Å²) in [4.78, 5) is 4.74. The van der Waals surface area contributed by atoms with Crippen LogP contribution >= 0.6 is 0 Å². The minimum Gasteiger partial charge on any atom is -0.496 e. The third kappa shape index (κ3) is 2.45. The van der Waals surface area contributed by atoms with Crippen LogP contribution in [0.2, 0.25) is 0 Å². The summed E-state index contributed by atoms with van der Waals surface area (Å²) in [6.07, 6.45) is 0. The van der Waals surface area contributed by atoms with E-state index in [1.54, 1.807) is 7.11 Å². The van der Waals surface area contributed by atoms with E-state index >= 15 is 0 Å². The normalized spacial score (nSPS) is 11.4. The molecule has 3 rings (SSSR count). The van der Waals surface area contributed by atoms with E-state index in [4.69, 9.17) is 14.2 Å². The highest BCUT2D eigenvalue weighted by Gasteiger charge is 2.13. The molecular weight excluding hydrogens is 276 g/mol. The van der Waals surface area contributed by atoms with Gasteiger partial charge in [0.2, 0.25) is 0 Å². The molecule has 1 aromatic carbocycles. The molecule has 2 aromatic heterocycles. The van der Waals surface area contributed by atoms with Crippen LogP contribution in [0.5, 0.6) is 5.75 Å². The summed E-state index contributed by atoms with van der Waals surface area (Å²) in [7, 11) is 1.69. The fourth-order valence-corrected chi connectivity index (χ4v) is 2.56. The Morgan fingerprint density at radius 2 is 1.77 bits per heavy atom. The van der Waals surface area contributed by atoms with Gasteiger partial charge in [0.15, 0.2) is 0 Å². The molecule has 0 spiro atoms. The first kappa shape index (κ1) is 14.6. The Hall–Kier alpha value is -2.36. The Morgan fingerprint density at radius 1 is 1.00 bits per heavy atom. The van der Waals surface area contributed by atoms with Gasteiger partial charge in [-0.3, -0.25) is 0 Å². The van der Waals surface area contributed by atoms with Crippen molar-refractivity contribution in [1.82, 2.24) is 10.1 Å². The lowest BCUT2D eigenvalue weighted by molar-refractivity contribution is 0.373. The van der Waals surface area contributed by atoms with Crippen molar-refractivity contribution < 1.29 is 9.26 Å². The third-order valence-electron chi connectivity index (χ3n) is 3.89. The Kier molecular flexibility index (Phi) is 3.61. The van der Waals surface area contributed by atoms with Gasteiger partial charge in [-0.05, 0) is 43.2 Å². The fraction of sp³-hybridized carbons (Fsp3) is 0.333. The summed E-state index contributed by atoms with van der Waals surface area (Å²) < 4.78 is 10.8. The van der Waals surface area contributed by atoms with Gasteiger partial charge in [0.05, 0.1) is 18.3 Å². The largest absolute Gasteiger partial charge is 0.496 e. The zero-order chi connectivity index (χ0) is 15.9. The molecule has 0 atom stereocenters. The van der Waals surface area contributed by atoms with Gasteiger partial charge in [0, 0.05) is 17.4 Å². The molecular formula is C18H20N2O2. The fourth-order valence-electron chi connectivity index (χ4n) is 2.56. The highest BCUT2D eigenvalue weighted by atomic mass is 16.5. The molecule has 0 unspecified atom stereocenters. The highest BCUT2D eigenvalue weighted by Crippen LogP contribution is 2.30. The number of benzene rings is 1. The average molecular weight is 296 g/mol. The molecule has 0 amide bonds. The lowest BCUT2D eigenvalue weighted by Crippen LogP contribution is -1.93. The Labute approximate surface area is 130 Å². The van der Waals surface area contributed by atoms with Gasteiger partial charge in [0.25, 0.3) is 0 Å². The number of aromatic nitrogens is 2. The minimum absolute atomic E-state index is 0.314. The summed E-state index contributed by atoms with van der Waals surface area (Å²) in [5, 5.41) is 5.25. The molecule has 114 valence electrons. The van der Waals surface area contributed by atoms with Gasteiger partial charge >= 0.3 is 0 Å². The van der Waals surface area contributed by atoms with Crippen LogP contribution in [0.4, 0.5) is 0 Å². The van der Waals surface area contributed by atoms with Gasteiger partial charge in [-0.2, -0.15) is 0 Å². The Morgan fingerprint density at radius 3 is 2.41 bits per heavy atom. The summed E-state index contributed by atoms with van der Waals surface area (Å²) >= 11 is 0. The average Bonchev–Trinajstić information content (AvgIpc) is 2.96. The van der Waals surface area contributed by atoms with Crippen LogP contribution in [-0.2, 0) is 0 Å². The molecule has 0 aliphatic carbocycles. The van der Waals surface area contributed by atoms with Crippen LogP contribution in [0, 0.1) is 13.8 Å². The molecule has 0 saturated heterocycles. The monoisotopic (exact) mass is 296 g/mol. The van der Waals surface area contributed by atoms with E-state index in [1.165, 1.54) is 0 Å². The van der Waals surface area contributed by atoms with Crippen molar-refractivity contribution in [2.24, 2.45) is 0 Å². The van der Waals surface area contributed by atoms with Gasteiger partial charge < -0.3 is 9.26 Å². The lowest BCUT2D eigenvalue weighted by Gasteiger charge is -2.09. The van der Waals surface area contributed by atoms with Gasteiger partial charge in [-0.15, -0.1) is 0 Å². The molecule has 0 bridgehead atoms. The van der Waals surface area contributed by atoms with E-state index in [9.17, 15) is 0 Å². The van der Waals surface area contributed by atoms with Crippen molar-refractivity contribution in [2.75, 3.05) is 7.11 Å². The molecule has 0 saturated carbocycles. The highest BCUT2D eigenvalue weighted by molar-refractivity contribution is 5.86. The molecule has 0 aliphatic rings. The molecule has 22 heavy (non-hydrogen) atoms. The number of hydrogen-bond donors (Lipinski definition) is 0. The van der Waals surface area contributed by atoms with Crippen LogP contribution in [0.3, 0.4) is 0 Å². The second-order valence-corrected chi connectivity index (χ2v) is 5.93. The van der Waals surface area contributed by atoms with Crippen LogP contribution < -0.4 is 4.74 Å². The number of nitrogens with zero attached hydrogens (tertiary/aromatic N) is 2. The molecule has 0 radical (unpaired) electrons. The van der Waals surface area contributed by atoms with Crippen molar-refractivity contribution in [3.63, 3.8) is 0 Å². The van der Waals surface area contributed by atoms with Crippen LogP contribution in [0.25, 0.3) is 22.3 Å². The van der Waals surface area contributed by atoms with Crippen LogP contribution in [-0.4, -0.2) is 17.3 Å². The molecule has 4 nitrogen and oxygen atoms in total. The molecule has 0 aliphatic heterocycles. The number of aryl methyl sites for hydroxylation is 2. The van der Waals surface area contributed by atoms with E-state index in [2.05, 4.69) is 25.9 Å². The first-order valence-electron chi connectivity index (χ1n) is 7.42. The second kappa shape index (κ2) is 5.44. The summed E-state index contributed by atoms with van der Waals surface area (Å²) in [6.45, 7) is 8.26. The Balaban J connectivity index is 2.15. The number of rotatable bonds is 3. The molecule has 2 heterocycles. The Bertz CT molecular complexity index is 834. The SMILES string of the molecule is COc1cc2c(C)cc(-c3cc(C(C)C)on3)nc2cc1C. The number of hydrogen-bond acceptors (Lipinski definition) is 4. The molecule has 0 fully saturated rings. The van der Waals surface area contributed by atoms with E-state index < -0.39 is 0 Å². The smallest absolute Gasteiger partial charge is 0.139 e. The number of ether oxygens (including phenoxy) is 1. The van der Waals surface area contributed by atoms with Crippen molar-refractivity contribution in [3.8, 4) is 17.1 Å². The quantitative estimate of drug-likeness (QED) is 0.706. The molecule has 0 N–H and O–H groups in total. The predicted molar refractivity (Wildman–Crippen MR) is 87.4 cm³/mol. The van der Waals surface area contributed by atoms with Crippen molar-refractivity contribution in [2.45, 2.75) is 33.6 Å². The molecule has 4 heteroatoms. The zero-order valence-corrected chi connectivity index (χ0v) is 13.6. The number of methoxy groups -OCH3 is 1. The molecule has 3 aromatic rings. The summed E-state index contributed by atoms with van der Waals surface area (Å²) in [6, 6.07) is 8.10. The lowest BCUT2D eigenvalue weighted by atomic mass is 10.0.